The molecule has 4 fully saturated rings. The summed E-state index contributed by atoms with van der Waals surface area (Å²) in [7, 11) is 0. The summed E-state index contributed by atoms with van der Waals surface area (Å²) in [6.07, 6.45) is 9.52. The van der Waals surface area contributed by atoms with E-state index in [4.69, 9.17) is 28.4 Å². The van der Waals surface area contributed by atoms with Gasteiger partial charge in [0, 0.05) is 54.7 Å². The zero-order chi connectivity index (χ0) is 41.6. The number of cyclic esters (lactones) is 1. The number of carbonyl (C=O) groups excluding carboxylic acids is 5. The van der Waals surface area contributed by atoms with Gasteiger partial charge in [0.05, 0.1) is 51.2 Å². The fourth-order valence-electron chi connectivity index (χ4n) is 10.9. The van der Waals surface area contributed by atoms with Gasteiger partial charge in [0.1, 0.15) is 6.61 Å². The van der Waals surface area contributed by atoms with E-state index in [9.17, 15) is 24.0 Å². The highest BCUT2D eigenvalue weighted by molar-refractivity contribution is 8.00. The second-order valence-corrected chi connectivity index (χ2v) is 18.8. The van der Waals surface area contributed by atoms with Crippen molar-refractivity contribution >= 4 is 41.5 Å². The zero-order valence-corrected chi connectivity index (χ0v) is 35.8. The Bertz CT molecular complexity index is 1660. The standard InChI is InChI=1S/C43H64N4O11S/c1-27-23-28(37(49)43-34(58-43)24-31-30-25-57-38(50)29(30)12-13-41(31,2)42(27,43)3)9-6-18-56-40(52)45-15-8-17-54-20-22-55-21-19-53-16-7-14-44-35(48)11-5-4-10-33-36-32(26-59-33)46-39(51)47-36/h23,27,31-34,36H,4-22,24-26H2,1-3H3,(H,44,48)(H,45,52)(H2,46,47,51)/t27-,31?,32-,33-,34-,36-,41-,42-,43+/m0/s1. The second kappa shape index (κ2) is 19.3. The summed E-state index contributed by atoms with van der Waals surface area (Å²) in [5.74, 6) is 1.19. The molecule has 3 aliphatic carbocycles. The van der Waals surface area contributed by atoms with Crippen molar-refractivity contribution in [2.45, 2.75) is 120 Å². The summed E-state index contributed by atoms with van der Waals surface area (Å²) >= 11 is 1.90. The molecule has 4 aliphatic heterocycles. The number of ketones is 1. The number of carbonyl (C=O) groups is 5. The maximum atomic E-state index is 14.1. The minimum atomic E-state index is -0.829. The van der Waals surface area contributed by atoms with Gasteiger partial charge in [-0.2, -0.15) is 11.8 Å². The zero-order valence-electron chi connectivity index (χ0n) is 35.0. The average molecular weight is 845 g/mol. The highest BCUT2D eigenvalue weighted by atomic mass is 32.2. The van der Waals surface area contributed by atoms with Crippen LogP contribution in [0.4, 0.5) is 9.59 Å². The number of allylic oxidation sites excluding steroid dienone is 1. The van der Waals surface area contributed by atoms with Crippen molar-refractivity contribution in [2.75, 3.05) is 71.7 Å². The molecule has 328 valence electrons. The van der Waals surface area contributed by atoms with Crippen LogP contribution in [0.5, 0.6) is 0 Å². The number of unbranched alkanes of at least 4 members (excludes halogenated alkanes) is 1. The van der Waals surface area contributed by atoms with Crippen molar-refractivity contribution in [3.63, 3.8) is 0 Å². The number of Topliss-reactive ketones (excluding diaryl/α,β-unsaturated/α-hetero) is 1. The molecule has 0 aromatic rings. The minimum absolute atomic E-state index is 0.0641. The highest BCUT2D eigenvalue weighted by Crippen LogP contribution is 2.75. The number of fused-ring (bicyclic) bond motifs is 4. The molecule has 4 amide bonds. The first-order valence-electron chi connectivity index (χ1n) is 21.9. The van der Waals surface area contributed by atoms with Crippen molar-refractivity contribution in [1.82, 2.24) is 21.3 Å². The molecule has 59 heavy (non-hydrogen) atoms. The van der Waals surface area contributed by atoms with Gasteiger partial charge in [-0.25, -0.2) is 14.4 Å². The summed E-state index contributed by atoms with van der Waals surface area (Å²) in [6.45, 7) is 11.1. The fourth-order valence-corrected chi connectivity index (χ4v) is 12.5. The Labute approximate surface area is 351 Å². The number of thioether (sulfide) groups is 1. The number of esters is 1. The van der Waals surface area contributed by atoms with E-state index in [2.05, 4.69) is 48.1 Å². The lowest BCUT2D eigenvalue weighted by molar-refractivity contribution is -0.145. The number of hydrogen-bond donors (Lipinski definition) is 4. The Balaban J connectivity index is 0.653. The van der Waals surface area contributed by atoms with Crippen LogP contribution in [0.15, 0.2) is 22.8 Å². The molecule has 0 radical (unpaired) electrons. The van der Waals surface area contributed by atoms with Gasteiger partial charge in [-0.15, -0.1) is 0 Å². The van der Waals surface area contributed by atoms with Crippen LogP contribution in [0.3, 0.4) is 0 Å². The number of ether oxygens (including phenoxy) is 6. The summed E-state index contributed by atoms with van der Waals surface area (Å²) in [5.41, 5.74) is 1.31. The van der Waals surface area contributed by atoms with Crippen LogP contribution in [0.1, 0.15) is 91.4 Å². The van der Waals surface area contributed by atoms with Gasteiger partial charge < -0.3 is 49.7 Å². The number of amides is 4. The van der Waals surface area contributed by atoms with Gasteiger partial charge in [0.15, 0.2) is 11.4 Å². The quantitative estimate of drug-likeness (QED) is 0.0499. The van der Waals surface area contributed by atoms with E-state index in [0.717, 1.165) is 61.0 Å². The molecule has 7 rings (SSSR count). The predicted octanol–water partition coefficient (Wildman–Crippen LogP) is 4.13. The smallest absolute Gasteiger partial charge is 0.407 e. The highest BCUT2D eigenvalue weighted by Gasteiger charge is 2.82. The second-order valence-electron chi connectivity index (χ2n) is 17.6. The first-order valence-corrected chi connectivity index (χ1v) is 23.0. The number of urea groups is 1. The minimum Gasteiger partial charge on any atom is -0.458 e. The summed E-state index contributed by atoms with van der Waals surface area (Å²) in [5, 5.41) is 12.1. The molecule has 0 aromatic heterocycles. The third-order valence-electron chi connectivity index (χ3n) is 14.4. The molecule has 7 aliphatic rings. The summed E-state index contributed by atoms with van der Waals surface area (Å²) in [6, 6.07) is 0.391. The van der Waals surface area contributed by atoms with Crippen molar-refractivity contribution < 1.29 is 52.4 Å². The topological polar surface area (TPSA) is 192 Å². The van der Waals surface area contributed by atoms with Crippen molar-refractivity contribution in [1.29, 1.82) is 0 Å². The van der Waals surface area contributed by atoms with E-state index in [1.807, 2.05) is 11.8 Å². The maximum Gasteiger partial charge on any atom is 0.407 e. The van der Waals surface area contributed by atoms with E-state index in [0.29, 0.717) is 96.7 Å². The molecule has 1 spiro atoms. The van der Waals surface area contributed by atoms with Crippen molar-refractivity contribution in [2.24, 2.45) is 22.7 Å². The number of rotatable bonds is 23. The lowest BCUT2D eigenvalue weighted by Crippen LogP contribution is -2.65. The Morgan fingerprint density at radius 1 is 0.915 bits per heavy atom. The number of epoxide rings is 1. The first kappa shape index (κ1) is 43.9. The Hall–Kier alpha value is -3.18. The number of hydrogen-bond acceptors (Lipinski definition) is 12. The van der Waals surface area contributed by atoms with Gasteiger partial charge in [0.2, 0.25) is 5.91 Å². The SMILES string of the molecule is C[C@H]1C=C(CCCOC(=O)NCCCOCCOCCOCCCNC(=O)CCCC[C@@H]2SC[C@@H]3NC(=O)N[C@@H]32)C(=O)[C@]23O[C@H]2CC2C4=C(CC[C@]2(C)[C@]13C)C(=O)OC4. The van der Waals surface area contributed by atoms with Gasteiger partial charge in [0.25, 0.3) is 0 Å². The molecule has 1 unspecified atom stereocenters. The van der Waals surface area contributed by atoms with Crippen LogP contribution >= 0.6 is 11.8 Å². The predicted molar refractivity (Wildman–Crippen MR) is 219 cm³/mol. The summed E-state index contributed by atoms with van der Waals surface area (Å²) < 4.78 is 34.0. The van der Waals surface area contributed by atoms with Crippen molar-refractivity contribution in [3.8, 4) is 0 Å². The van der Waals surface area contributed by atoms with E-state index in [1.54, 1.807) is 0 Å². The van der Waals surface area contributed by atoms with E-state index < -0.39 is 17.1 Å². The largest absolute Gasteiger partial charge is 0.458 e. The van der Waals surface area contributed by atoms with E-state index in [1.165, 1.54) is 0 Å². The van der Waals surface area contributed by atoms with Gasteiger partial charge in [-0.1, -0.05) is 33.3 Å². The molecule has 0 bridgehead atoms. The van der Waals surface area contributed by atoms with Crippen LogP contribution in [-0.4, -0.2) is 131 Å². The van der Waals surface area contributed by atoms with Crippen LogP contribution < -0.4 is 21.3 Å². The van der Waals surface area contributed by atoms with Crippen LogP contribution in [0.2, 0.25) is 0 Å². The normalized spacial score (nSPS) is 33.7. The monoisotopic (exact) mass is 844 g/mol. The van der Waals surface area contributed by atoms with Crippen LogP contribution in [-0.2, 0) is 42.8 Å². The molecule has 4 N–H and O–H groups in total. The maximum absolute atomic E-state index is 14.1. The van der Waals surface area contributed by atoms with E-state index >= 15 is 0 Å². The number of nitrogens with one attached hydrogen (secondary N) is 4. The third kappa shape index (κ3) is 9.08. The molecular weight excluding hydrogens is 781 g/mol. The van der Waals surface area contributed by atoms with Gasteiger partial charge >= 0.3 is 18.1 Å². The fraction of sp³-hybridized carbons (Fsp3) is 0.791. The van der Waals surface area contributed by atoms with Gasteiger partial charge in [-0.3, -0.25) is 9.59 Å². The van der Waals surface area contributed by atoms with E-state index in [-0.39, 0.29) is 65.7 Å². The molecule has 4 heterocycles. The molecule has 3 saturated heterocycles. The molecule has 9 atom stereocenters. The molecule has 15 nitrogen and oxygen atoms in total. The Morgan fingerprint density at radius 3 is 2.41 bits per heavy atom. The third-order valence-corrected chi connectivity index (χ3v) is 15.9. The summed E-state index contributed by atoms with van der Waals surface area (Å²) in [4.78, 5) is 62.4. The lowest BCUT2D eigenvalue weighted by atomic mass is 9.40. The van der Waals surface area contributed by atoms with Crippen molar-refractivity contribution in [3.05, 3.63) is 22.8 Å². The Kier molecular flexibility index (Phi) is 14.3. The van der Waals surface area contributed by atoms with Crippen LogP contribution in [0, 0.1) is 22.7 Å². The molecule has 0 aromatic carbocycles. The van der Waals surface area contributed by atoms with Crippen LogP contribution in [0.25, 0.3) is 0 Å². The average Bonchev–Trinajstić information content (AvgIpc) is 3.39. The molecule has 1 saturated carbocycles. The Morgan fingerprint density at radius 2 is 1.64 bits per heavy atom. The van der Waals surface area contributed by atoms with Gasteiger partial charge in [-0.05, 0) is 86.2 Å². The first-order chi connectivity index (χ1) is 28.5. The molecule has 16 heteroatoms. The molecular formula is C43H64N4O11S. The number of alkyl carbamates (subject to hydrolysis) is 1. The lowest BCUT2D eigenvalue weighted by Gasteiger charge is -2.61.